The molecule has 0 bridgehead atoms. The molecule has 0 aliphatic rings. The summed E-state index contributed by atoms with van der Waals surface area (Å²) in [6, 6.07) is 3.61. The minimum atomic E-state index is -0.590. The second-order valence-corrected chi connectivity index (χ2v) is 4.72. The SMILES string of the molecule is CC(C)Sc1cc(F)cc([N+](=O)[O-])c1. The molecule has 0 spiro atoms. The highest BCUT2D eigenvalue weighted by Gasteiger charge is 2.10. The van der Waals surface area contributed by atoms with E-state index in [-0.39, 0.29) is 10.9 Å². The van der Waals surface area contributed by atoms with Gasteiger partial charge in [-0.15, -0.1) is 11.8 Å². The summed E-state index contributed by atoms with van der Waals surface area (Å²) in [5.41, 5.74) is -0.201. The predicted molar refractivity (Wildman–Crippen MR) is 54.0 cm³/mol. The van der Waals surface area contributed by atoms with Crippen molar-refractivity contribution >= 4 is 17.4 Å². The fraction of sp³-hybridized carbons (Fsp3) is 0.333. The molecule has 1 aromatic carbocycles. The van der Waals surface area contributed by atoms with Crippen molar-refractivity contribution in [3.8, 4) is 0 Å². The maximum Gasteiger partial charge on any atom is 0.273 e. The van der Waals surface area contributed by atoms with Gasteiger partial charge in [0.25, 0.3) is 5.69 Å². The topological polar surface area (TPSA) is 43.1 Å². The van der Waals surface area contributed by atoms with E-state index in [1.54, 1.807) is 0 Å². The standard InChI is InChI=1S/C9H10FNO2S/c1-6(2)14-9-4-7(10)3-8(5-9)11(12)13/h3-6H,1-2H3. The van der Waals surface area contributed by atoms with Crippen molar-refractivity contribution in [3.63, 3.8) is 0 Å². The summed E-state index contributed by atoms with van der Waals surface area (Å²) in [7, 11) is 0. The molecule has 0 amide bonds. The summed E-state index contributed by atoms with van der Waals surface area (Å²) in [6.45, 7) is 3.89. The Morgan fingerprint density at radius 3 is 2.57 bits per heavy atom. The molecule has 0 aliphatic heterocycles. The Kier molecular flexibility index (Phi) is 3.46. The van der Waals surface area contributed by atoms with E-state index in [0.717, 1.165) is 6.07 Å². The fourth-order valence-electron chi connectivity index (χ4n) is 0.994. The summed E-state index contributed by atoms with van der Waals surface area (Å²) in [5.74, 6) is -0.567. The summed E-state index contributed by atoms with van der Waals surface area (Å²) in [4.78, 5) is 10.4. The van der Waals surface area contributed by atoms with Crippen molar-refractivity contribution in [1.82, 2.24) is 0 Å². The van der Waals surface area contributed by atoms with Gasteiger partial charge in [-0.25, -0.2) is 4.39 Å². The van der Waals surface area contributed by atoms with Crippen molar-refractivity contribution in [2.45, 2.75) is 24.0 Å². The molecule has 0 radical (unpaired) electrons. The lowest BCUT2D eigenvalue weighted by Gasteiger charge is -2.04. The van der Waals surface area contributed by atoms with E-state index in [0.29, 0.717) is 4.90 Å². The highest BCUT2D eigenvalue weighted by atomic mass is 32.2. The molecular formula is C9H10FNO2S. The zero-order valence-electron chi connectivity index (χ0n) is 7.86. The minimum absolute atomic E-state index is 0.201. The van der Waals surface area contributed by atoms with Crippen molar-refractivity contribution < 1.29 is 9.31 Å². The molecule has 0 fully saturated rings. The third kappa shape index (κ3) is 2.99. The molecule has 5 heteroatoms. The number of non-ortho nitro benzene ring substituents is 1. The average Bonchev–Trinajstić information content (AvgIpc) is 2.01. The fourth-order valence-corrected chi connectivity index (χ4v) is 1.91. The predicted octanol–water partition coefficient (Wildman–Crippen LogP) is 3.23. The Morgan fingerprint density at radius 1 is 1.43 bits per heavy atom. The zero-order valence-corrected chi connectivity index (χ0v) is 8.68. The maximum atomic E-state index is 12.9. The largest absolute Gasteiger partial charge is 0.273 e. The minimum Gasteiger partial charge on any atom is -0.258 e. The Morgan fingerprint density at radius 2 is 2.07 bits per heavy atom. The van der Waals surface area contributed by atoms with Crippen LogP contribution in [-0.2, 0) is 0 Å². The van der Waals surface area contributed by atoms with Crippen molar-refractivity contribution in [3.05, 3.63) is 34.1 Å². The van der Waals surface area contributed by atoms with Gasteiger partial charge in [0, 0.05) is 16.2 Å². The van der Waals surface area contributed by atoms with Gasteiger partial charge in [0.2, 0.25) is 0 Å². The number of rotatable bonds is 3. The molecule has 0 aliphatic carbocycles. The number of nitro benzene ring substituents is 1. The highest BCUT2D eigenvalue weighted by molar-refractivity contribution is 7.99. The lowest BCUT2D eigenvalue weighted by atomic mass is 10.3. The first-order valence-electron chi connectivity index (χ1n) is 4.10. The van der Waals surface area contributed by atoms with E-state index in [4.69, 9.17) is 0 Å². The molecule has 0 unspecified atom stereocenters. The van der Waals surface area contributed by atoms with Crippen LogP contribution in [0.1, 0.15) is 13.8 Å². The monoisotopic (exact) mass is 215 g/mol. The smallest absolute Gasteiger partial charge is 0.258 e. The number of hydrogen-bond donors (Lipinski definition) is 0. The van der Waals surface area contributed by atoms with E-state index in [1.165, 1.54) is 23.9 Å². The quantitative estimate of drug-likeness (QED) is 0.441. The van der Waals surface area contributed by atoms with E-state index >= 15 is 0 Å². The summed E-state index contributed by atoms with van der Waals surface area (Å²) >= 11 is 1.40. The van der Waals surface area contributed by atoms with Gasteiger partial charge in [0.15, 0.2) is 0 Å². The summed E-state index contributed by atoms with van der Waals surface area (Å²) in [5, 5.41) is 10.7. The van der Waals surface area contributed by atoms with Crippen molar-refractivity contribution in [2.24, 2.45) is 0 Å². The van der Waals surface area contributed by atoms with Gasteiger partial charge < -0.3 is 0 Å². The van der Waals surface area contributed by atoms with Crippen LogP contribution in [0.15, 0.2) is 23.1 Å². The molecule has 3 nitrogen and oxygen atoms in total. The Labute approximate surface area is 85.5 Å². The molecule has 76 valence electrons. The number of halogens is 1. The van der Waals surface area contributed by atoms with Gasteiger partial charge in [0.1, 0.15) is 5.82 Å². The van der Waals surface area contributed by atoms with Gasteiger partial charge in [-0.3, -0.25) is 10.1 Å². The van der Waals surface area contributed by atoms with Crippen molar-refractivity contribution in [2.75, 3.05) is 0 Å². The molecule has 1 aromatic rings. The molecule has 0 aromatic heterocycles. The molecular weight excluding hydrogens is 205 g/mol. The van der Waals surface area contributed by atoms with Crippen LogP contribution in [0.4, 0.5) is 10.1 Å². The third-order valence-corrected chi connectivity index (χ3v) is 2.42. The molecule has 0 N–H and O–H groups in total. The van der Waals surface area contributed by atoms with Crippen molar-refractivity contribution in [1.29, 1.82) is 0 Å². The second-order valence-electron chi connectivity index (χ2n) is 3.07. The summed E-state index contributed by atoms with van der Waals surface area (Å²) < 4.78 is 12.9. The van der Waals surface area contributed by atoms with E-state index in [2.05, 4.69) is 0 Å². The van der Waals surface area contributed by atoms with E-state index in [9.17, 15) is 14.5 Å². The summed E-state index contributed by atoms with van der Waals surface area (Å²) in [6.07, 6.45) is 0. The van der Waals surface area contributed by atoms with E-state index < -0.39 is 10.7 Å². The van der Waals surface area contributed by atoms with Crippen LogP contribution in [0, 0.1) is 15.9 Å². The van der Waals surface area contributed by atoms with Crippen LogP contribution in [0.3, 0.4) is 0 Å². The van der Waals surface area contributed by atoms with Gasteiger partial charge in [0.05, 0.1) is 11.0 Å². The van der Waals surface area contributed by atoms with E-state index in [1.807, 2.05) is 13.8 Å². The maximum absolute atomic E-state index is 12.9. The second kappa shape index (κ2) is 4.41. The Hall–Kier alpha value is -1.10. The molecule has 0 heterocycles. The van der Waals surface area contributed by atoms with Gasteiger partial charge in [-0.1, -0.05) is 13.8 Å². The molecule has 0 saturated carbocycles. The number of nitro groups is 1. The van der Waals surface area contributed by atoms with Crippen LogP contribution < -0.4 is 0 Å². The van der Waals surface area contributed by atoms with Gasteiger partial charge in [-0.2, -0.15) is 0 Å². The highest BCUT2D eigenvalue weighted by Crippen LogP contribution is 2.27. The number of benzene rings is 1. The zero-order chi connectivity index (χ0) is 10.7. The van der Waals surface area contributed by atoms with Crippen LogP contribution in [0.25, 0.3) is 0 Å². The van der Waals surface area contributed by atoms with Crippen LogP contribution >= 0.6 is 11.8 Å². The first-order valence-corrected chi connectivity index (χ1v) is 4.98. The Bertz CT molecular complexity index is 355. The van der Waals surface area contributed by atoms with Gasteiger partial charge >= 0.3 is 0 Å². The van der Waals surface area contributed by atoms with Gasteiger partial charge in [-0.05, 0) is 6.07 Å². The number of hydrogen-bond acceptors (Lipinski definition) is 3. The first-order chi connectivity index (χ1) is 6.49. The Balaban J connectivity index is 3.01. The molecule has 14 heavy (non-hydrogen) atoms. The van der Waals surface area contributed by atoms with Crippen LogP contribution in [0.5, 0.6) is 0 Å². The van der Waals surface area contributed by atoms with Crippen LogP contribution in [0.2, 0.25) is 0 Å². The average molecular weight is 215 g/mol. The number of thioether (sulfide) groups is 1. The normalized spacial score (nSPS) is 10.6. The van der Waals surface area contributed by atoms with Crippen LogP contribution in [-0.4, -0.2) is 10.2 Å². The number of nitrogens with zero attached hydrogens (tertiary/aromatic N) is 1. The molecule has 1 rings (SSSR count). The molecule has 0 atom stereocenters. The lowest BCUT2D eigenvalue weighted by molar-refractivity contribution is -0.385. The molecule has 0 saturated heterocycles. The third-order valence-electron chi connectivity index (χ3n) is 1.44. The lowest BCUT2D eigenvalue weighted by Crippen LogP contribution is -1.92. The first kappa shape index (κ1) is 11.0.